The van der Waals surface area contributed by atoms with E-state index in [4.69, 9.17) is 11.6 Å². The molecule has 1 unspecified atom stereocenters. The Morgan fingerprint density at radius 1 is 1.10 bits per heavy atom. The molecule has 0 spiro atoms. The second-order valence-electron chi connectivity index (χ2n) is 4.19. The molecular formula is C14H9BrClF3O. The van der Waals surface area contributed by atoms with Gasteiger partial charge in [0, 0.05) is 9.50 Å². The summed E-state index contributed by atoms with van der Waals surface area (Å²) in [6.07, 6.45) is -5.60. The lowest BCUT2D eigenvalue weighted by atomic mass is 9.99. The molecule has 1 nitrogen and oxygen atoms in total. The zero-order valence-electron chi connectivity index (χ0n) is 9.96. The van der Waals surface area contributed by atoms with Crippen molar-refractivity contribution in [1.29, 1.82) is 0 Å². The van der Waals surface area contributed by atoms with Crippen LogP contribution >= 0.6 is 27.5 Å². The van der Waals surface area contributed by atoms with Gasteiger partial charge in [-0.2, -0.15) is 13.2 Å². The van der Waals surface area contributed by atoms with E-state index in [0.717, 1.165) is 12.1 Å². The van der Waals surface area contributed by atoms with Gasteiger partial charge in [0.05, 0.1) is 5.56 Å². The van der Waals surface area contributed by atoms with E-state index in [-0.39, 0.29) is 5.56 Å². The molecule has 0 aromatic heterocycles. The molecule has 2 aromatic rings. The highest BCUT2D eigenvalue weighted by Crippen LogP contribution is 2.34. The fourth-order valence-electron chi connectivity index (χ4n) is 1.79. The van der Waals surface area contributed by atoms with Gasteiger partial charge in [-0.1, -0.05) is 45.7 Å². The highest BCUT2D eigenvalue weighted by Gasteiger charge is 2.31. The van der Waals surface area contributed by atoms with Crippen LogP contribution in [0.15, 0.2) is 46.9 Å². The van der Waals surface area contributed by atoms with Crippen molar-refractivity contribution in [2.24, 2.45) is 0 Å². The maximum absolute atomic E-state index is 12.7. The van der Waals surface area contributed by atoms with Crippen molar-refractivity contribution >= 4 is 27.5 Å². The lowest BCUT2D eigenvalue weighted by molar-refractivity contribution is -0.137. The van der Waals surface area contributed by atoms with Gasteiger partial charge in [0.1, 0.15) is 6.10 Å². The fraction of sp³-hybridized carbons (Fsp3) is 0.143. The van der Waals surface area contributed by atoms with Crippen LogP contribution in [0.25, 0.3) is 0 Å². The number of hydrogen-bond acceptors (Lipinski definition) is 1. The van der Waals surface area contributed by atoms with Crippen LogP contribution in [0.2, 0.25) is 5.02 Å². The van der Waals surface area contributed by atoms with Crippen molar-refractivity contribution in [3.63, 3.8) is 0 Å². The monoisotopic (exact) mass is 364 g/mol. The predicted molar refractivity (Wildman–Crippen MR) is 74.7 cm³/mol. The molecule has 0 fully saturated rings. The van der Waals surface area contributed by atoms with Gasteiger partial charge >= 0.3 is 6.18 Å². The molecule has 0 saturated carbocycles. The van der Waals surface area contributed by atoms with Gasteiger partial charge in [-0.3, -0.25) is 0 Å². The average molecular weight is 366 g/mol. The summed E-state index contributed by atoms with van der Waals surface area (Å²) in [4.78, 5) is 0. The summed E-state index contributed by atoms with van der Waals surface area (Å²) in [5.41, 5.74) is -0.171. The Morgan fingerprint density at radius 2 is 1.80 bits per heavy atom. The SMILES string of the molecule is OC(c1cccc(C(F)(F)F)c1)c1ccc(Cl)cc1Br. The van der Waals surface area contributed by atoms with Crippen LogP contribution in [0, 0.1) is 0 Å². The molecule has 0 aliphatic carbocycles. The van der Waals surface area contributed by atoms with E-state index in [1.807, 2.05) is 0 Å². The minimum Gasteiger partial charge on any atom is -0.384 e. The largest absolute Gasteiger partial charge is 0.416 e. The van der Waals surface area contributed by atoms with Crippen LogP contribution in [0.4, 0.5) is 13.2 Å². The van der Waals surface area contributed by atoms with Gasteiger partial charge in [-0.05, 0) is 35.4 Å². The number of aliphatic hydroxyl groups is 1. The average Bonchev–Trinajstić information content (AvgIpc) is 2.37. The second-order valence-corrected chi connectivity index (χ2v) is 5.48. The highest BCUT2D eigenvalue weighted by molar-refractivity contribution is 9.10. The van der Waals surface area contributed by atoms with Crippen LogP contribution in [-0.2, 0) is 6.18 Å². The summed E-state index contributed by atoms with van der Waals surface area (Å²) >= 11 is 9.03. The third kappa shape index (κ3) is 3.34. The minimum atomic E-state index is -4.44. The molecular weight excluding hydrogens is 357 g/mol. The zero-order valence-corrected chi connectivity index (χ0v) is 12.3. The third-order valence-electron chi connectivity index (χ3n) is 2.79. The highest BCUT2D eigenvalue weighted by atomic mass is 79.9. The van der Waals surface area contributed by atoms with Crippen molar-refractivity contribution in [2.45, 2.75) is 12.3 Å². The van der Waals surface area contributed by atoms with E-state index in [1.165, 1.54) is 12.1 Å². The first kappa shape index (κ1) is 15.4. The van der Waals surface area contributed by atoms with Gasteiger partial charge in [-0.25, -0.2) is 0 Å². The van der Waals surface area contributed by atoms with Crippen molar-refractivity contribution in [3.05, 3.63) is 68.7 Å². The fourth-order valence-corrected chi connectivity index (χ4v) is 2.69. The van der Waals surface area contributed by atoms with Crippen LogP contribution in [0.5, 0.6) is 0 Å². The maximum Gasteiger partial charge on any atom is 0.416 e. The molecule has 6 heteroatoms. The predicted octanol–water partition coefficient (Wildman–Crippen LogP) is 5.20. The first-order chi connectivity index (χ1) is 9.29. The van der Waals surface area contributed by atoms with E-state index < -0.39 is 17.8 Å². The van der Waals surface area contributed by atoms with E-state index in [2.05, 4.69) is 15.9 Å². The molecule has 20 heavy (non-hydrogen) atoms. The van der Waals surface area contributed by atoms with Gasteiger partial charge in [-0.15, -0.1) is 0 Å². The van der Waals surface area contributed by atoms with Crippen LogP contribution in [0.1, 0.15) is 22.8 Å². The summed E-state index contributed by atoms with van der Waals surface area (Å²) in [5, 5.41) is 10.7. The minimum absolute atomic E-state index is 0.169. The number of aliphatic hydroxyl groups excluding tert-OH is 1. The summed E-state index contributed by atoms with van der Waals surface area (Å²) in [5.74, 6) is 0. The molecule has 0 saturated heterocycles. The Balaban J connectivity index is 2.41. The van der Waals surface area contributed by atoms with Crippen molar-refractivity contribution in [3.8, 4) is 0 Å². The van der Waals surface area contributed by atoms with Gasteiger partial charge in [0.25, 0.3) is 0 Å². The van der Waals surface area contributed by atoms with Crippen molar-refractivity contribution in [1.82, 2.24) is 0 Å². The maximum atomic E-state index is 12.7. The third-order valence-corrected chi connectivity index (χ3v) is 3.71. The Bertz CT molecular complexity index is 628. The molecule has 1 atom stereocenters. The molecule has 0 radical (unpaired) electrons. The molecule has 0 bridgehead atoms. The molecule has 0 heterocycles. The van der Waals surface area contributed by atoms with Gasteiger partial charge in [0.2, 0.25) is 0 Å². The standard InChI is InChI=1S/C14H9BrClF3O/c15-12-7-10(16)4-5-11(12)13(20)8-2-1-3-9(6-8)14(17,18)19/h1-7,13,20H. The summed E-state index contributed by atoms with van der Waals surface area (Å²) in [6, 6.07) is 9.33. The Morgan fingerprint density at radius 3 is 2.40 bits per heavy atom. The van der Waals surface area contributed by atoms with E-state index in [9.17, 15) is 18.3 Å². The Labute approximate surface area is 127 Å². The number of hydrogen-bond donors (Lipinski definition) is 1. The van der Waals surface area contributed by atoms with Crippen LogP contribution in [0.3, 0.4) is 0 Å². The van der Waals surface area contributed by atoms with E-state index in [1.54, 1.807) is 18.2 Å². The smallest absolute Gasteiger partial charge is 0.384 e. The Kier molecular flexibility index (Phi) is 4.42. The van der Waals surface area contributed by atoms with Crippen LogP contribution < -0.4 is 0 Å². The Hall–Kier alpha value is -1.04. The molecule has 0 amide bonds. The molecule has 2 aromatic carbocycles. The normalized spacial score (nSPS) is 13.3. The summed E-state index contributed by atoms with van der Waals surface area (Å²) in [6.45, 7) is 0. The van der Waals surface area contributed by atoms with Crippen LogP contribution in [-0.4, -0.2) is 5.11 Å². The van der Waals surface area contributed by atoms with Crippen molar-refractivity contribution in [2.75, 3.05) is 0 Å². The number of halogens is 5. The molecule has 0 aliphatic heterocycles. The molecule has 1 N–H and O–H groups in total. The zero-order chi connectivity index (χ0) is 14.9. The lowest BCUT2D eigenvalue weighted by Crippen LogP contribution is -2.07. The first-order valence-electron chi connectivity index (χ1n) is 5.59. The van der Waals surface area contributed by atoms with Crippen molar-refractivity contribution < 1.29 is 18.3 Å². The van der Waals surface area contributed by atoms with E-state index >= 15 is 0 Å². The van der Waals surface area contributed by atoms with Gasteiger partial charge in [0.15, 0.2) is 0 Å². The molecule has 106 valence electrons. The number of alkyl halides is 3. The van der Waals surface area contributed by atoms with E-state index in [0.29, 0.717) is 15.1 Å². The number of rotatable bonds is 2. The lowest BCUT2D eigenvalue weighted by Gasteiger charge is -2.15. The quantitative estimate of drug-likeness (QED) is 0.775. The molecule has 0 aliphatic rings. The first-order valence-corrected chi connectivity index (χ1v) is 6.76. The topological polar surface area (TPSA) is 20.2 Å². The summed E-state index contributed by atoms with van der Waals surface area (Å²) in [7, 11) is 0. The second kappa shape index (κ2) is 5.76. The van der Waals surface area contributed by atoms with Gasteiger partial charge < -0.3 is 5.11 Å². The number of benzene rings is 2. The summed E-state index contributed by atoms with van der Waals surface area (Å²) < 4.78 is 38.5. The molecule has 2 rings (SSSR count).